The van der Waals surface area contributed by atoms with E-state index in [1.165, 1.54) is 6.33 Å². The maximum atomic E-state index is 6.22. The van der Waals surface area contributed by atoms with Gasteiger partial charge < -0.3 is 0 Å². The third-order valence-electron chi connectivity index (χ3n) is 2.68. The third kappa shape index (κ3) is 2.57. The largest absolute Gasteiger partial charge is 0.247 e. The molecule has 0 amide bonds. The Balaban J connectivity index is 2.12. The SMILES string of the molecule is Clc1ccc(-c2ncnn2-c2ccc(Br)nc2)c(Cl)c1. The van der Waals surface area contributed by atoms with Gasteiger partial charge in [-0.05, 0) is 46.3 Å². The van der Waals surface area contributed by atoms with Crippen LogP contribution in [0.1, 0.15) is 0 Å². The van der Waals surface area contributed by atoms with E-state index in [9.17, 15) is 0 Å². The van der Waals surface area contributed by atoms with Crippen LogP contribution in [0.3, 0.4) is 0 Å². The van der Waals surface area contributed by atoms with E-state index in [2.05, 4.69) is 31.0 Å². The molecule has 0 fully saturated rings. The average Bonchev–Trinajstić information content (AvgIpc) is 2.88. The maximum Gasteiger partial charge on any atom is 0.164 e. The minimum atomic E-state index is 0.525. The van der Waals surface area contributed by atoms with Crippen LogP contribution in [-0.4, -0.2) is 19.7 Å². The van der Waals surface area contributed by atoms with Crippen LogP contribution in [0.4, 0.5) is 0 Å². The Morgan fingerprint density at radius 3 is 2.60 bits per heavy atom. The average molecular weight is 370 g/mol. The Labute approximate surface area is 133 Å². The van der Waals surface area contributed by atoms with Gasteiger partial charge in [0.25, 0.3) is 0 Å². The highest BCUT2D eigenvalue weighted by atomic mass is 79.9. The minimum Gasteiger partial charge on any atom is -0.247 e. The summed E-state index contributed by atoms with van der Waals surface area (Å²) in [5.41, 5.74) is 1.56. The van der Waals surface area contributed by atoms with E-state index in [0.29, 0.717) is 15.9 Å². The van der Waals surface area contributed by atoms with Crippen LogP contribution in [0.15, 0.2) is 47.5 Å². The molecule has 0 saturated heterocycles. The maximum absolute atomic E-state index is 6.22. The molecule has 0 saturated carbocycles. The second kappa shape index (κ2) is 5.52. The van der Waals surface area contributed by atoms with Crippen LogP contribution < -0.4 is 0 Å². The van der Waals surface area contributed by atoms with E-state index in [1.54, 1.807) is 23.0 Å². The summed E-state index contributed by atoms with van der Waals surface area (Å²) >= 11 is 15.4. The lowest BCUT2D eigenvalue weighted by atomic mass is 10.2. The zero-order valence-corrected chi connectivity index (χ0v) is 13.1. The van der Waals surface area contributed by atoms with Crippen LogP contribution in [0.5, 0.6) is 0 Å². The Morgan fingerprint density at radius 2 is 1.90 bits per heavy atom. The van der Waals surface area contributed by atoms with Crippen molar-refractivity contribution in [2.45, 2.75) is 0 Å². The van der Waals surface area contributed by atoms with Gasteiger partial charge in [0.15, 0.2) is 5.82 Å². The molecule has 7 heteroatoms. The van der Waals surface area contributed by atoms with Gasteiger partial charge in [0.2, 0.25) is 0 Å². The molecule has 1 aromatic carbocycles. The Hall–Kier alpha value is -1.43. The summed E-state index contributed by atoms with van der Waals surface area (Å²) in [6, 6.07) is 8.99. The predicted octanol–water partition coefficient (Wildman–Crippen LogP) is 4.40. The summed E-state index contributed by atoms with van der Waals surface area (Å²) in [6.07, 6.45) is 3.18. The Kier molecular flexibility index (Phi) is 3.74. The van der Waals surface area contributed by atoms with Crippen LogP contribution in [0.2, 0.25) is 10.0 Å². The lowest BCUT2D eigenvalue weighted by Crippen LogP contribution is -2.00. The fourth-order valence-electron chi connectivity index (χ4n) is 1.78. The smallest absolute Gasteiger partial charge is 0.164 e. The van der Waals surface area contributed by atoms with Crippen molar-refractivity contribution >= 4 is 39.1 Å². The standard InChI is InChI=1S/C13H7BrCl2N4/c14-12-4-2-9(6-17-12)20-13(18-7-19-20)10-3-1-8(15)5-11(10)16/h1-7H. The minimum absolute atomic E-state index is 0.525. The first-order chi connectivity index (χ1) is 9.65. The molecule has 0 unspecified atom stereocenters. The van der Waals surface area contributed by atoms with Crippen LogP contribution >= 0.6 is 39.1 Å². The van der Waals surface area contributed by atoms with Crippen molar-refractivity contribution in [2.75, 3.05) is 0 Å². The van der Waals surface area contributed by atoms with Gasteiger partial charge in [-0.1, -0.05) is 23.2 Å². The van der Waals surface area contributed by atoms with Gasteiger partial charge in [0, 0.05) is 10.6 Å². The molecule has 2 aromatic heterocycles. The molecule has 0 aliphatic carbocycles. The first kappa shape index (κ1) is 13.5. The molecule has 0 N–H and O–H groups in total. The van der Waals surface area contributed by atoms with Gasteiger partial charge in [-0.15, -0.1) is 0 Å². The van der Waals surface area contributed by atoms with Gasteiger partial charge in [0.05, 0.1) is 16.9 Å². The van der Waals surface area contributed by atoms with E-state index in [0.717, 1.165) is 15.9 Å². The molecule has 20 heavy (non-hydrogen) atoms. The highest BCUT2D eigenvalue weighted by molar-refractivity contribution is 9.10. The topological polar surface area (TPSA) is 43.6 Å². The van der Waals surface area contributed by atoms with E-state index in [-0.39, 0.29) is 0 Å². The number of halogens is 3. The Morgan fingerprint density at radius 1 is 1.05 bits per heavy atom. The molecule has 3 aromatic rings. The van der Waals surface area contributed by atoms with E-state index < -0.39 is 0 Å². The summed E-state index contributed by atoms with van der Waals surface area (Å²) in [5, 5.41) is 5.32. The first-order valence-electron chi connectivity index (χ1n) is 5.62. The normalized spacial score (nSPS) is 10.8. The summed E-state index contributed by atoms with van der Waals surface area (Å²) in [4.78, 5) is 8.44. The second-order valence-corrected chi connectivity index (χ2v) is 5.61. The molecule has 0 bridgehead atoms. The fourth-order valence-corrected chi connectivity index (χ4v) is 2.51. The second-order valence-electron chi connectivity index (χ2n) is 3.96. The van der Waals surface area contributed by atoms with E-state index in [4.69, 9.17) is 23.2 Å². The van der Waals surface area contributed by atoms with Crippen molar-refractivity contribution in [3.05, 3.63) is 57.5 Å². The fraction of sp³-hybridized carbons (Fsp3) is 0. The van der Waals surface area contributed by atoms with Crippen molar-refractivity contribution in [2.24, 2.45) is 0 Å². The highest BCUT2D eigenvalue weighted by Crippen LogP contribution is 2.30. The summed E-state index contributed by atoms with van der Waals surface area (Å²) in [6.45, 7) is 0. The van der Waals surface area contributed by atoms with Gasteiger partial charge in [-0.25, -0.2) is 14.6 Å². The zero-order chi connectivity index (χ0) is 14.1. The van der Waals surface area contributed by atoms with Gasteiger partial charge in [0.1, 0.15) is 10.9 Å². The third-order valence-corrected chi connectivity index (χ3v) is 3.69. The van der Waals surface area contributed by atoms with Crippen molar-refractivity contribution in [3.8, 4) is 17.1 Å². The van der Waals surface area contributed by atoms with Crippen molar-refractivity contribution in [1.29, 1.82) is 0 Å². The molecule has 100 valence electrons. The number of hydrogen-bond acceptors (Lipinski definition) is 3. The molecule has 0 atom stereocenters. The summed E-state index contributed by atoms with van der Waals surface area (Å²) in [7, 11) is 0. The summed E-state index contributed by atoms with van der Waals surface area (Å²) < 4.78 is 2.43. The van der Waals surface area contributed by atoms with Crippen molar-refractivity contribution in [3.63, 3.8) is 0 Å². The van der Waals surface area contributed by atoms with Crippen molar-refractivity contribution in [1.82, 2.24) is 19.7 Å². The van der Waals surface area contributed by atoms with Crippen LogP contribution in [0, 0.1) is 0 Å². The number of pyridine rings is 1. The molecule has 0 aliphatic rings. The van der Waals surface area contributed by atoms with Crippen molar-refractivity contribution < 1.29 is 0 Å². The molecule has 4 nitrogen and oxygen atoms in total. The molecule has 3 rings (SSSR count). The van der Waals surface area contributed by atoms with E-state index in [1.807, 2.05) is 18.2 Å². The highest BCUT2D eigenvalue weighted by Gasteiger charge is 2.13. The number of nitrogens with zero attached hydrogens (tertiary/aromatic N) is 4. The van der Waals surface area contributed by atoms with Gasteiger partial charge in [-0.3, -0.25) is 0 Å². The zero-order valence-electron chi connectivity index (χ0n) is 9.96. The monoisotopic (exact) mass is 368 g/mol. The predicted molar refractivity (Wildman–Crippen MR) is 82.3 cm³/mol. The summed E-state index contributed by atoms with van der Waals surface area (Å²) in [5.74, 6) is 0.635. The molecular weight excluding hydrogens is 363 g/mol. The molecular formula is C13H7BrCl2N4. The number of hydrogen-bond donors (Lipinski definition) is 0. The lowest BCUT2D eigenvalue weighted by Gasteiger charge is -2.07. The molecule has 2 heterocycles. The molecule has 0 aliphatic heterocycles. The molecule has 0 radical (unpaired) electrons. The number of rotatable bonds is 2. The van der Waals surface area contributed by atoms with E-state index >= 15 is 0 Å². The lowest BCUT2D eigenvalue weighted by molar-refractivity contribution is 0.879. The van der Waals surface area contributed by atoms with Crippen LogP contribution in [-0.2, 0) is 0 Å². The van der Waals surface area contributed by atoms with Gasteiger partial charge in [-0.2, -0.15) is 5.10 Å². The quantitative estimate of drug-likeness (QED) is 0.629. The number of aromatic nitrogens is 4. The Bertz CT molecular complexity index is 755. The van der Waals surface area contributed by atoms with Crippen LogP contribution in [0.25, 0.3) is 17.1 Å². The number of benzene rings is 1. The first-order valence-corrected chi connectivity index (χ1v) is 7.17. The van der Waals surface area contributed by atoms with Gasteiger partial charge >= 0.3 is 0 Å². The molecule has 0 spiro atoms.